The van der Waals surface area contributed by atoms with Crippen molar-refractivity contribution in [2.24, 2.45) is 10.7 Å². The standard InChI is InChI=1S/C21H15BrCl2N4O2S/c1-27-20(30)17(31-21(27)26-15-4-2-3-14(23)19(15)24)7-11-9-28(10-18(25)29)16-6-5-12(22)8-13(11)16/h2-9H,10H2,1H3,(H2,25,29)/b17-7+,26-21?. The number of amides is 2. The second kappa shape index (κ2) is 8.70. The molecule has 3 aromatic rings. The van der Waals surface area contributed by atoms with Gasteiger partial charge in [-0.05, 0) is 48.2 Å². The predicted molar refractivity (Wildman–Crippen MR) is 131 cm³/mol. The normalized spacial score (nSPS) is 16.8. The van der Waals surface area contributed by atoms with Crippen LogP contribution in [0, 0.1) is 0 Å². The smallest absolute Gasteiger partial charge is 0.266 e. The van der Waals surface area contributed by atoms with E-state index in [2.05, 4.69) is 20.9 Å². The number of fused-ring (bicyclic) bond motifs is 1. The van der Waals surface area contributed by atoms with Crippen LogP contribution in [0.3, 0.4) is 0 Å². The van der Waals surface area contributed by atoms with Gasteiger partial charge in [-0.2, -0.15) is 0 Å². The molecule has 2 N–H and O–H groups in total. The zero-order chi connectivity index (χ0) is 22.3. The number of hydrogen-bond acceptors (Lipinski definition) is 4. The van der Waals surface area contributed by atoms with E-state index < -0.39 is 5.91 Å². The van der Waals surface area contributed by atoms with Crippen LogP contribution in [0.25, 0.3) is 17.0 Å². The molecule has 1 saturated heterocycles. The Bertz CT molecular complexity index is 1300. The van der Waals surface area contributed by atoms with Gasteiger partial charge in [-0.3, -0.25) is 14.5 Å². The van der Waals surface area contributed by atoms with Crippen molar-refractivity contribution in [3.8, 4) is 0 Å². The maximum atomic E-state index is 12.9. The molecule has 2 amide bonds. The molecular weight excluding hydrogens is 523 g/mol. The SMILES string of the molecule is CN1C(=O)/C(=C\c2cn(CC(N)=O)c3ccc(Br)cc23)SC1=Nc1cccc(Cl)c1Cl. The van der Waals surface area contributed by atoms with Crippen molar-refractivity contribution in [1.82, 2.24) is 9.47 Å². The number of likely N-dealkylation sites (N-methyl/N-ethyl adjacent to an activating group) is 1. The Morgan fingerprint density at radius 2 is 2.06 bits per heavy atom. The second-order valence-corrected chi connectivity index (χ2v) is 9.49. The first-order chi connectivity index (χ1) is 14.7. The van der Waals surface area contributed by atoms with Gasteiger partial charge in [-0.1, -0.05) is 45.2 Å². The monoisotopic (exact) mass is 536 g/mol. The van der Waals surface area contributed by atoms with Crippen molar-refractivity contribution in [3.05, 3.63) is 67.6 Å². The van der Waals surface area contributed by atoms with E-state index in [1.165, 1.54) is 16.7 Å². The minimum absolute atomic E-state index is 0.0439. The van der Waals surface area contributed by atoms with Gasteiger partial charge in [0.05, 0.1) is 20.6 Å². The molecule has 31 heavy (non-hydrogen) atoms. The molecule has 0 aliphatic carbocycles. The third-order valence-electron chi connectivity index (χ3n) is 4.64. The fourth-order valence-corrected chi connectivity index (χ4v) is 4.85. The van der Waals surface area contributed by atoms with Gasteiger partial charge in [0, 0.05) is 34.2 Å². The van der Waals surface area contributed by atoms with E-state index in [4.69, 9.17) is 28.9 Å². The average molecular weight is 538 g/mol. The minimum atomic E-state index is -0.446. The van der Waals surface area contributed by atoms with E-state index >= 15 is 0 Å². The lowest BCUT2D eigenvalue weighted by Crippen LogP contribution is -2.23. The van der Waals surface area contributed by atoms with E-state index in [9.17, 15) is 9.59 Å². The number of thioether (sulfide) groups is 1. The molecule has 2 heterocycles. The van der Waals surface area contributed by atoms with Gasteiger partial charge in [-0.25, -0.2) is 4.99 Å². The molecule has 1 aliphatic rings. The molecule has 6 nitrogen and oxygen atoms in total. The van der Waals surface area contributed by atoms with Crippen LogP contribution in [0.4, 0.5) is 5.69 Å². The summed E-state index contributed by atoms with van der Waals surface area (Å²) in [6.45, 7) is 0.0439. The average Bonchev–Trinajstić information content (AvgIpc) is 3.17. The summed E-state index contributed by atoms with van der Waals surface area (Å²) in [7, 11) is 1.65. The number of nitrogens with two attached hydrogens (primary N) is 1. The topological polar surface area (TPSA) is 80.7 Å². The van der Waals surface area contributed by atoms with Gasteiger partial charge >= 0.3 is 0 Å². The minimum Gasteiger partial charge on any atom is -0.368 e. The molecule has 10 heteroatoms. The zero-order valence-corrected chi connectivity index (χ0v) is 20.0. The van der Waals surface area contributed by atoms with Gasteiger partial charge in [-0.15, -0.1) is 0 Å². The van der Waals surface area contributed by atoms with Crippen LogP contribution in [-0.4, -0.2) is 33.5 Å². The van der Waals surface area contributed by atoms with Gasteiger partial charge in [0.1, 0.15) is 6.54 Å². The Hall–Kier alpha value is -2.26. The molecule has 0 atom stereocenters. The number of rotatable bonds is 4. The first-order valence-electron chi connectivity index (χ1n) is 9.01. The van der Waals surface area contributed by atoms with Crippen LogP contribution in [0.15, 0.2) is 57.0 Å². The van der Waals surface area contributed by atoms with Crippen LogP contribution in [-0.2, 0) is 16.1 Å². The molecule has 0 radical (unpaired) electrons. The summed E-state index contributed by atoms with van der Waals surface area (Å²) < 4.78 is 2.65. The van der Waals surface area contributed by atoms with E-state index in [0.717, 1.165) is 20.9 Å². The van der Waals surface area contributed by atoms with Gasteiger partial charge in [0.2, 0.25) is 5.91 Å². The fourth-order valence-electron chi connectivity index (χ4n) is 3.19. The molecule has 1 aromatic heterocycles. The predicted octanol–water partition coefficient (Wildman–Crippen LogP) is 5.43. The molecule has 1 aliphatic heterocycles. The summed E-state index contributed by atoms with van der Waals surface area (Å²) in [5.41, 5.74) is 7.51. The highest BCUT2D eigenvalue weighted by molar-refractivity contribution is 9.10. The fraction of sp³-hybridized carbons (Fsp3) is 0.0952. The summed E-state index contributed by atoms with van der Waals surface area (Å²) in [6.07, 6.45) is 3.60. The zero-order valence-electron chi connectivity index (χ0n) is 16.1. The summed E-state index contributed by atoms with van der Waals surface area (Å²) in [4.78, 5) is 30.8. The Morgan fingerprint density at radius 3 is 2.81 bits per heavy atom. The quantitative estimate of drug-likeness (QED) is 0.450. The number of aliphatic imine (C=N–C) groups is 1. The van der Waals surface area contributed by atoms with Crippen molar-refractivity contribution in [2.45, 2.75) is 6.54 Å². The van der Waals surface area contributed by atoms with E-state index in [-0.39, 0.29) is 12.5 Å². The molecule has 0 bridgehead atoms. The Morgan fingerprint density at radius 1 is 1.29 bits per heavy atom. The molecule has 2 aromatic carbocycles. The number of halogens is 3. The molecule has 0 saturated carbocycles. The van der Waals surface area contributed by atoms with Crippen molar-refractivity contribution < 1.29 is 9.59 Å². The molecule has 1 fully saturated rings. The van der Waals surface area contributed by atoms with Crippen LogP contribution >= 0.6 is 50.9 Å². The lowest BCUT2D eigenvalue weighted by molar-refractivity contribution is -0.121. The molecule has 158 valence electrons. The van der Waals surface area contributed by atoms with Gasteiger partial charge < -0.3 is 10.3 Å². The second-order valence-electron chi connectivity index (χ2n) is 6.78. The Labute approximate surface area is 200 Å². The number of amidine groups is 1. The largest absolute Gasteiger partial charge is 0.368 e. The summed E-state index contributed by atoms with van der Waals surface area (Å²) in [5, 5.41) is 2.10. The highest BCUT2D eigenvalue weighted by Gasteiger charge is 2.31. The van der Waals surface area contributed by atoms with Crippen LogP contribution < -0.4 is 5.73 Å². The van der Waals surface area contributed by atoms with E-state index in [1.807, 2.05) is 24.4 Å². The molecular formula is C21H15BrCl2N4O2S. The van der Waals surface area contributed by atoms with E-state index in [0.29, 0.717) is 25.8 Å². The summed E-state index contributed by atoms with van der Waals surface area (Å²) >= 11 is 17.0. The first-order valence-corrected chi connectivity index (χ1v) is 11.4. The molecule has 4 rings (SSSR count). The highest BCUT2D eigenvalue weighted by atomic mass is 79.9. The lowest BCUT2D eigenvalue weighted by atomic mass is 10.1. The van der Waals surface area contributed by atoms with Crippen molar-refractivity contribution >= 4 is 90.5 Å². The number of carbonyl (C=O) groups excluding carboxylic acids is 2. The number of nitrogens with zero attached hydrogens (tertiary/aromatic N) is 3. The van der Waals surface area contributed by atoms with Crippen molar-refractivity contribution in [1.29, 1.82) is 0 Å². The maximum absolute atomic E-state index is 12.9. The first kappa shape index (κ1) is 22.0. The maximum Gasteiger partial charge on any atom is 0.266 e. The Balaban J connectivity index is 1.76. The number of primary amides is 1. The summed E-state index contributed by atoms with van der Waals surface area (Å²) in [6, 6.07) is 10.9. The lowest BCUT2D eigenvalue weighted by Gasteiger charge is -2.08. The number of carbonyl (C=O) groups is 2. The third-order valence-corrected chi connectivity index (χ3v) is 7.00. The van der Waals surface area contributed by atoms with Crippen molar-refractivity contribution in [3.63, 3.8) is 0 Å². The van der Waals surface area contributed by atoms with E-state index in [1.54, 1.807) is 35.9 Å². The molecule has 0 unspecified atom stereocenters. The van der Waals surface area contributed by atoms with Crippen LogP contribution in [0.1, 0.15) is 5.56 Å². The summed E-state index contributed by atoms with van der Waals surface area (Å²) in [5.74, 6) is -0.634. The highest BCUT2D eigenvalue weighted by Crippen LogP contribution is 2.38. The molecule has 0 spiro atoms. The van der Waals surface area contributed by atoms with Gasteiger partial charge in [0.25, 0.3) is 5.91 Å². The number of benzene rings is 2. The number of hydrogen-bond donors (Lipinski definition) is 1. The van der Waals surface area contributed by atoms with Gasteiger partial charge in [0.15, 0.2) is 5.17 Å². The van der Waals surface area contributed by atoms with Crippen LogP contribution in [0.2, 0.25) is 10.0 Å². The van der Waals surface area contributed by atoms with Crippen LogP contribution in [0.5, 0.6) is 0 Å². The number of aromatic nitrogens is 1. The van der Waals surface area contributed by atoms with Crippen molar-refractivity contribution in [2.75, 3.05) is 7.05 Å². The third kappa shape index (κ3) is 4.39. The Kier molecular flexibility index (Phi) is 6.16.